The number of aromatic nitrogens is 3. The lowest BCUT2D eigenvalue weighted by atomic mass is 10.1. The van der Waals surface area contributed by atoms with Crippen LogP contribution in [0.25, 0.3) is 10.9 Å². The Balaban J connectivity index is 1.70. The Bertz CT molecular complexity index is 729. The van der Waals surface area contributed by atoms with Gasteiger partial charge in [0.2, 0.25) is 0 Å². The van der Waals surface area contributed by atoms with Crippen molar-refractivity contribution < 1.29 is 4.79 Å². The molecule has 0 aliphatic rings. The van der Waals surface area contributed by atoms with E-state index in [0.717, 1.165) is 23.0 Å². The number of hydrogen-bond donors (Lipinski definition) is 4. The highest BCUT2D eigenvalue weighted by molar-refractivity contribution is 6.07. The van der Waals surface area contributed by atoms with Crippen LogP contribution in [0.3, 0.4) is 0 Å². The Morgan fingerprint density at radius 2 is 2.25 bits per heavy atom. The molecule has 0 aliphatic carbocycles. The van der Waals surface area contributed by atoms with Gasteiger partial charge < -0.3 is 21.0 Å². The molecule has 3 aromatic rings. The van der Waals surface area contributed by atoms with E-state index in [0.29, 0.717) is 17.8 Å². The molecule has 0 spiro atoms. The van der Waals surface area contributed by atoms with Crippen molar-refractivity contribution in [2.45, 2.75) is 6.42 Å². The second kappa shape index (κ2) is 5.08. The number of fused-ring (bicyclic) bond motifs is 1. The predicted molar refractivity (Wildman–Crippen MR) is 77.3 cm³/mol. The first-order chi connectivity index (χ1) is 9.74. The van der Waals surface area contributed by atoms with E-state index in [-0.39, 0.29) is 5.91 Å². The maximum Gasteiger partial charge on any atom is 0.253 e. The fourth-order valence-corrected chi connectivity index (χ4v) is 2.15. The van der Waals surface area contributed by atoms with Gasteiger partial charge in [-0.1, -0.05) is 0 Å². The van der Waals surface area contributed by atoms with Crippen LogP contribution in [-0.2, 0) is 6.42 Å². The highest BCUT2D eigenvalue weighted by atomic mass is 16.1. The lowest BCUT2D eigenvalue weighted by Gasteiger charge is -2.03. The molecule has 1 amide bonds. The zero-order valence-corrected chi connectivity index (χ0v) is 10.8. The van der Waals surface area contributed by atoms with E-state index < -0.39 is 0 Å². The summed E-state index contributed by atoms with van der Waals surface area (Å²) in [6.07, 6.45) is 5.80. The van der Waals surface area contributed by atoms with E-state index in [1.165, 1.54) is 0 Å². The molecule has 0 saturated heterocycles. The Morgan fingerprint density at radius 1 is 1.35 bits per heavy atom. The maximum absolute atomic E-state index is 12.2. The van der Waals surface area contributed by atoms with Gasteiger partial charge in [0.15, 0.2) is 0 Å². The third kappa shape index (κ3) is 2.35. The van der Waals surface area contributed by atoms with Crippen LogP contribution in [0.2, 0.25) is 0 Å². The van der Waals surface area contributed by atoms with Gasteiger partial charge in [-0.15, -0.1) is 0 Å². The van der Waals surface area contributed by atoms with Gasteiger partial charge in [0.05, 0.1) is 11.9 Å². The summed E-state index contributed by atoms with van der Waals surface area (Å²) in [5.74, 6) is -0.110. The van der Waals surface area contributed by atoms with Crippen LogP contribution in [0.4, 0.5) is 5.69 Å². The lowest BCUT2D eigenvalue weighted by Crippen LogP contribution is -2.25. The molecular formula is C14H15N5O. The molecule has 2 aromatic heterocycles. The van der Waals surface area contributed by atoms with E-state index in [1.54, 1.807) is 30.9 Å². The van der Waals surface area contributed by atoms with Gasteiger partial charge in [0, 0.05) is 47.6 Å². The Morgan fingerprint density at radius 3 is 3.05 bits per heavy atom. The fraction of sp³-hybridized carbons (Fsp3) is 0.143. The predicted octanol–water partition coefficient (Wildman–Crippen LogP) is 1.45. The monoisotopic (exact) mass is 269 g/mol. The molecule has 0 bridgehead atoms. The Labute approximate surface area is 115 Å². The van der Waals surface area contributed by atoms with Crippen molar-refractivity contribution >= 4 is 22.5 Å². The summed E-state index contributed by atoms with van der Waals surface area (Å²) in [5.41, 5.74) is 8.91. The number of carbonyl (C=O) groups excluding carboxylic acids is 1. The molecule has 1 aromatic carbocycles. The average molecular weight is 269 g/mol. The number of rotatable bonds is 4. The molecule has 20 heavy (non-hydrogen) atoms. The minimum Gasteiger partial charge on any atom is -0.399 e. The zero-order chi connectivity index (χ0) is 13.9. The first-order valence-electron chi connectivity index (χ1n) is 6.36. The van der Waals surface area contributed by atoms with Gasteiger partial charge in [-0.05, 0) is 18.2 Å². The summed E-state index contributed by atoms with van der Waals surface area (Å²) in [7, 11) is 0. The van der Waals surface area contributed by atoms with Crippen LogP contribution >= 0.6 is 0 Å². The first kappa shape index (κ1) is 12.3. The highest BCUT2D eigenvalue weighted by Gasteiger charge is 2.11. The number of nitrogens with two attached hydrogens (primary N) is 1. The number of nitrogen functional groups attached to an aromatic ring is 1. The van der Waals surface area contributed by atoms with Gasteiger partial charge in [-0.25, -0.2) is 4.98 Å². The van der Waals surface area contributed by atoms with Crippen molar-refractivity contribution in [3.63, 3.8) is 0 Å². The molecule has 5 N–H and O–H groups in total. The van der Waals surface area contributed by atoms with Crippen molar-refractivity contribution in [3.05, 3.63) is 48.2 Å². The summed E-state index contributed by atoms with van der Waals surface area (Å²) >= 11 is 0. The number of nitrogens with zero attached hydrogens (tertiary/aromatic N) is 1. The van der Waals surface area contributed by atoms with Crippen molar-refractivity contribution in [1.82, 2.24) is 20.3 Å². The molecule has 0 radical (unpaired) electrons. The quantitative estimate of drug-likeness (QED) is 0.539. The van der Waals surface area contributed by atoms with Gasteiger partial charge in [-0.3, -0.25) is 4.79 Å². The van der Waals surface area contributed by atoms with Crippen LogP contribution in [0.15, 0.2) is 36.9 Å². The summed E-state index contributed by atoms with van der Waals surface area (Å²) in [6, 6.07) is 5.47. The summed E-state index contributed by atoms with van der Waals surface area (Å²) in [6.45, 7) is 0.552. The minimum atomic E-state index is -0.110. The largest absolute Gasteiger partial charge is 0.399 e. The third-order valence-corrected chi connectivity index (χ3v) is 3.19. The molecule has 6 nitrogen and oxygen atoms in total. The number of carbonyl (C=O) groups is 1. The second-order valence-corrected chi connectivity index (χ2v) is 4.59. The molecule has 0 fully saturated rings. The van der Waals surface area contributed by atoms with Crippen LogP contribution < -0.4 is 11.1 Å². The lowest BCUT2D eigenvalue weighted by molar-refractivity contribution is 0.0956. The van der Waals surface area contributed by atoms with E-state index in [4.69, 9.17) is 5.73 Å². The second-order valence-electron chi connectivity index (χ2n) is 4.59. The number of aromatic amines is 2. The minimum absolute atomic E-state index is 0.110. The summed E-state index contributed by atoms with van der Waals surface area (Å²) in [4.78, 5) is 22.2. The number of anilines is 1. The van der Waals surface area contributed by atoms with Crippen molar-refractivity contribution in [2.75, 3.05) is 12.3 Å². The van der Waals surface area contributed by atoms with E-state index >= 15 is 0 Å². The molecular weight excluding hydrogens is 254 g/mol. The zero-order valence-electron chi connectivity index (χ0n) is 10.8. The van der Waals surface area contributed by atoms with Crippen molar-refractivity contribution in [1.29, 1.82) is 0 Å². The normalized spacial score (nSPS) is 10.8. The number of amides is 1. The smallest absolute Gasteiger partial charge is 0.253 e. The van der Waals surface area contributed by atoms with Gasteiger partial charge >= 0.3 is 0 Å². The number of hydrogen-bond acceptors (Lipinski definition) is 3. The van der Waals surface area contributed by atoms with Crippen LogP contribution in [0.5, 0.6) is 0 Å². The van der Waals surface area contributed by atoms with E-state index in [2.05, 4.69) is 20.3 Å². The molecule has 3 rings (SSSR count). The van der Waals surface area contributed by atoms with Gasteiger partial charge in [0.1, 0.15) is 0 Å². The maximum atomic E-state index is 12.2. The molecule has 6 heteroatoms. The van der Waals surface area contributed by atoms with Crippen LogP contribution in [0, 0.1) is 0 Å². The van der Waals surface area contributed by atoms with Gasteiger partial charge in [-0.2, -0.15) is 0 Å². The molecule has 0 atom stereocenters. The third-order valence-electron chi connectivity index (χ3n) is 3.19. The number of H-pyrrole nitrogens is 2. The van der Waals surface area contributed by atoms with Gasteiger partial charge in [0.25, 0.3) is 5.91 Å². The number of benzene rings is 1. The number of imidazole rings is 1. The molecule has 0 aliphatic heterocycles. The molecule has 2 heterocycles. The fourth-order valence-electron chi connectivity index (χ4n) is 2.15. The standard InChI is InChI=1S/C14H15N5O/c15-9-1-2-13-11(5-9)12(7-18-13)14(20)17-4-3-10-6-16-8-19-10/h1-2,5-8,18H,3-4,15H2,(H,16,19)(H,17,20). The average Bonchev–Trinajstić information content (AvgIpc) is 3.07. The van der Waals surface area contributed by atoms with Crippen molar-refractivity contribution in [2.24, 2.45) is 0 Å². The number of nitrogens with one attached hydrogen (secondary N) is 3. The van der Waals surface area contributed by atoms with E-state index in [9.17, 15) is 4.79 Å². The van der Waals surface area contributed by atoms with Crippen LogP contribution in [-0.4, -0.2) is 27.4 Å². The van der Waals surface area contributed by atoms with E-state index in [1.807, 2.05) is 6.07 Å². The topological polar surface area (TPSA) is 99.6 Å². The molecule has 0 unspecified atom stereocenters. The van der Waals surface area contributed by atoms with Crippen LogP contribution in [0.1, 0.15) is 16.1 Å². The summed E-state index contributed by atoms with van der Waals surface area (Å²) in [5, 5.41) is 3.72. The SMILES string of the molecule is Nc1ccc2[nH]cc(C(=O)NCCc3cnc[nH]3)c2c1. The molecule has 102 valence electrons. The van der Waals surface area contributed by atoms with Crippen molar-refractivity contribution in [3.8, 4) is 0 Å². The first-order valence-corrected chi connectivity index (χ1v) is 6.36. The summed E-state index contributed by atoms with van der Waals surface area (Å²) < 4.78 is 0. The molecule has 0 saturated carbocycles. The highest BCUT2D eigenvalue weighted by Crippen LogP contribution is 2.20. The Kier molecular flexibility index (Phi) is 3.12. The Hall–Kier alpha value is -2.76.